The zero-order valence-electron chi connectivity index (χ0n) is 25.4. The first kappa shape index (κ1) is 31.9. The van der Waals surface area contributed by atoms with E-state index in [2.05, 4.69) is 6.92 Å². The van der Waals surface area contributed by atoms with Crippen molar-refractivity contribution in [3.05, 3.63) is 18.2 Å². The Balaban J connectivity index is 0.00000189. The van der Waals surface area contributed by atoms with Gasteiger partial charge in [0.15, 0.2) is 5.78 Å². The molecule has 4 saturated carbocycles. The highest BCUT2D eigenvalue weighted by atomic mass is 19.4. The summed E-state index contributed by atoms with van der Waals surface area (Å²) in [7, 11) is 3.26. The average molecular weight is 582 g/mol. The van der Waals surface area contributed by atoms with Crippen molar-refractivity contribution in [3.8, 4) is 5.75 Å². The van der Waals surface area contributed by atoms with Crippen LogP contribution in [0.15, 0.2) is 18.2 Å². The van der Waals surface area contributed by atoms with E-state index in [0.29, 0.717) is 47.9 Å². The average Bonchev–Trinajstić information content (AvgIpc) is 3.30. The van der Waals surface area contributed by atoms with Crippen molar-refractivity contribution in [2.45, 2.75) is 84.7 Å². The minimum atomic E-state index is -4.12. The van der Waals surface area contributed by atoms with Gasteiger partial charge in [-0.3, -0.25) is 4.79 Å². The standard InChI is InChI=1S/C30H44F3N3O3.C2H6/c1-28-12-11-23-21(6-4-18-14-19(30(31,32)33)10-13-29(18,23)17-38-2)22(28)7-8-24(28)27(37)16-36(35)26-9-5-20(39-3)15-25(26)34;1-2/h5,9,15,18-19,21-24H,4,6-8,10-14,16-17,34-35H2,1-3H3;1-2H3/t18?,19?,21?,22?,23?,24-,28?,29-;/m1./s1. The molecule has 0 aromatic heterocycles. The van der Waals surface area contributed by atoms with Crippen molar-refractivity contribution in [2.75, 3.05) is 38.1 Å². The molecular weight excluding hydrogens is 531 g/mol. The largest absolute Gasteiger partial charge is 0.497 e. The van der Waals surface area contributed by atoms with Crippen LogP contribution in [-0.4, -0.2) is 39.3 Å². The molecule has 0 bridgehead atoms. The van der Waals surface area contributed by atoms with Gasteiger partial charge in [0, 0.05) is 19.1 Å². The molecule has 6 nitrogen and oxygen atoms in total. The Morgan fingerprint density at radius 3 is 2.41 bits per heavy atom. The van der Waals surface area contributed by atoms with Crippen LogP contribution in [0, 0.1) is 46.3 Å². The van der Waals surface area contributed by atoms with Crippen molar-refractivity contribution in [1.82, 2.24) is 0 Å². The second kappa shape index (κ2) is 12.3. The van der Waals surface area contributed by atoms with Crippen molar-refractivity contribution < 1.29 is 27.4 Å². The number of anilines is 2. The zero-order chi connectivity index (χ0) is 30.2. The number of nitrogens with zero attached hydrogens (tertiary/aromatic N) is 1. The van der Waals surface area contributed by atoms with E-state index in [1.807, 2.05) is 13.8 Å². The summed E-state index contributed by atoms with van der Waals surface area (Å²) in [6.07, 6.45) is 2.40. The molecule has 4 N–H and O–H groups in total. The van der Waals surface area contributed by atoms with E-state index in [1.54, 1.807) is 32.4 Å². The Hall–Kier alpha value is -2.00. The number of Topliss-reactive ketones (excluding diaryl/α,β-unsaturated/α-hetero) is 1. The molecule has 0 heterocycles. The number of hydrogen-bond acceptors (Lipinski definition) is 6. The van der Waals surface area contributed by atoms with E-state index in [9.17, 15) is 18.0 Å². The van der Waals surface area contributed by atoms with E-state index in [1.165, 1.54) is 5.01 Å². The molecule has 0 radical (unpaired) electrons. The lowest BCUT2D eigenvalue weighted by atomic mass is 9.43. The van der Waals surface area contributed by atoms with E-state index in [-0.39, 0.29) is 47.8 Å². The van der Waals surface area contributed by atoms with Gasteiger partial charge in [-0.2, -0.15) is 13.2 Å². The van der Waals surface area contributed by atoms with Gasteiger partial charge in [0.2, 0.25) is 0 Å². The highest BCUT2D eigenvalue weighted by Gasteiger charge is 2.63. The van der Waals surface area contributed by atoms with Crippen LogP contribution in [0.5, 0.6) is 5.75 Å². The molecule has 0 saturated heterocycles. The first-order chi connectivity index (χ1) is 19.4. The summed E-state index contributed by atoms with van der Waals surface area (Å²) in [5.74, 6) is 7.10. The number of alkyl halides is 3. The third-order valence-electron chi connectivity index (χ3n) is 11.5. The SMILES string of the molecule is CC.COC[C@]12CCC(C(F)(F)F)CC1CCC1C3CC[C@H](C(=O)CN(N)c4ccc(OC)cc4N)C3(C)CCC12. The minimum Gasteiger partial charge on any atom is -0.497 e. The monoisotopic (exact) mass is 581 g/mol. The number of rotatable bonds is 7. The number of hydrazine groups is 1. The quantitative estimate of drug-likeness (QED) is 0.204. The molecule has 41 heavy (non-hydrogen) atoms. The van der Waals surface area contributed by atoms with Gasteiger partial charge in [0.25, 0.3) is 0 Å². The smallest absolute Gasteiger partial charge is 0.391 e. The molecule has 1 aromatic carbocycles. The summed E-state index contributed by atoms with van der Waals surface area (Å²) < 4.78 is 51.9. The van der Waals surface area contributed by atoms with Crippen LogP contribution in [0.3, 0.4) is 0 Å². The number of fused-ring (bicyclic) bond motifs is 5. The lowest BCUT2D eigenvalue weighted by Gasteiger charge is -2.62. The molecule has 232 valence electrons. The summed E-state index contributed by atoms with van der Waals surface area (Å²) in [4.78, 5) is 13.7. The van der Waals surface area contributed by atoms with Crippen molar-refractivity contribution in [2.24, 2.45) is 52.2 Å². The lowest BCUT2D eigenvalue weighted by Crippen LogP contribution is -2.57. The van der Waals surface area contributed by atoms with Crippen molar-refractivity contribution >= 4 is 17.2 Å². The summed E-state index contributed by atoms with van der Waals surface area (Å²) in [5.41, 5.74) is 6.93. The Morgan fingerprint density at radius 1 is 1.05 bits per heavy atom. The molecule has 4 aliphatic carbocycles. The molecular formula is C32H50F3N3O3. The third-order valence-corrected chi connectivity index (χ3v) is 11.5. The molecule has 9 heteroatoms. The Kier molecular flexibility index (Phi) is 9.59. The summed E-state index contributed by atoms with van der Waals surface area (Å²) in [5, 5.41) is 1.44. The van der Waals surface area contributed by atoms with Crippen LogP contribution >= 0.6 is 0 Å². The second-order valence-corrected chi connectivity index (χ2v) is 13.0. The van der Waals surface area contributed by atoms with Gasteiger partial charge in [-0.25, -0.2) is 5.84 Å². The van der Waals surface area contributed by atoms with Gasteiger partial charge in [0.1, 0.15) is 5.75 Å². The summed E-state index contributed by atoms with van der Waals surface area (Å²) >= 11 is 0. The zero-order valence-corrected chi connectivity index (χ0v) is 25.4. The number of ether oxygens (including phenoxy) is 2. The Labute approximate surface area is 243 Å². The van der Waals surface area contributed by atoms with Gasteiger partial charge in [0.05, 0.1) is 37.6 Å². The van der Waals surface area contributed by atoms with E-state index >= 15 is 0 Å². The molecule has 0 amide bonds. The topological polar surface area (TPSA) is 90.8 Å². The number of carbonyl (C=O) groups excluding carboxylic acids is 1. The van der Waals surface area contributed by atoms with Crippen LogP contribution in [0.1, 0.15) is 78.6 Å². The Morgan fingerprint density at radius 2 is 1.78 bits per heavy atom. The molecule has 1 aromatic rings. The van der Waals surface area contributed by atoms with E-state index in [4.69, 9.17) is 21.1 Å². The van der Waals surface area contributed by atoms with Crippen molar-refractivity contribution in [1.29, 1.82) is 0 Å². The maximum absolute atomic E-state index is 13.7. The fourth-order valence-electron chi connectivity index (χ4n) is 9.71. The van der Waals surface area contributed by atoms with E-state index < -0.39 is 12.1 Å². The van der Waals surface area contributed by atoms with E-state index in [0.717, 1.165) is 38.5 Å². The fraction of sp³-hybridized carbons (Fsp3) is 0.781. The van der Waals surface area contributed by atoms with Gasteiger partial charge < -0.3 is 20.2 Å². The molecule has 4 fully saturated rings. The number of nitrogens with two attached hydrogens (primary N) is 2. The normalized spacial score (nSPS) is 36.2. The predicted octanol–water partition coefficient (Wildman–Crippen LogP) is 7.02. The van der Waals surface area contributed by atoms with Gasteiger partial charge >= 0.3 is 6.18 Å². The molecule has 5 rings (SSSR count). The highest BCUT2D eigenvalue weighted by Crippen LogP contribution is 2.68. The number of nitrogen functional groups attached to an aromatic ring is 1. The number of carbonyl (C=O) groups is 1. The molecule has 4 aliphatic rings. The van der Waals surface area contributed by atoms with Crippen LogP contribution in [0.4, 0.5) is 24.5 Å². The van der Waals surface area contributed by atoms with Crippen molar-refractivity contribution in [3.63, 3.8) is 0 Å². The minimum absolute atomic E-state index is 0.0583. The number of benzene rings is 1. The maximum atomic E-state index is 13.7. The molecule has 0 aliphatic heterocycles. The van der Waals surface area contributed by atoms with Gasteiger partial charge in [-0.1, -0.05) is 20.8 Å². The summed E-state index contributed by atoms with van der Waals surface area (Å²) in [6, 6.07) is 5.24. The predicted molar refractivity (Wildman–Crippen MR) is 156 cm³/mol. The van der Waals surface area contributed by atoms with Crippen LogP contribution in [0.25, 0.3) is 0 Å². The second-order valence-electron chi connectivity index (χ2n) is 13.0. The van der Waals surface area contributed by atoms with Gasteiger partial charge in [-0.15, -0.1) is 0 Å². The fourth-order valence-corrected chi connectivity index (χ4v) is 9.71. The van der Waals surface area contributed by atoms with Crippen LogP contribution in [-0.2, 0) is 9.53 Å². The third kappa shape index (κ3) is 5.69. The lowest BCUT2D eigenvalue weighted by molar-refractivity contribution is -0.217. The number of methoxy groups -OCH3 is 2. The number of hydrogen-bond donors (Lipinski definition) is 2. The first-order valence-electron chi connectivity index (χ1n) is 15.5. The summed E-state index contributed by atoms with van der Waals surface area (Å²) in [6.45, 7) is 6.91. The number of ketones is 1. The first-order valence-corrected chi connectivity index (χ1v) is 15.5. The molecule has 6 unspecified atom stereocenters. The molecule has 0 spiro atoms. The Bertz CT molecular complexity index is 1070. The molecule has 8 atom stereocenters. The maximum Gasteiger partial charge on any atom is 0.391 e. The highest BCUT2D eigenvalue weighted by molar-refractivity contribution is 5.87. The van der Waals surface area contributed by atoms with Gasteiger partial charge in [-0.05, 0) is 104 Å². The van der Waals surface area contributed by atoms with Crippen LogP contribution in [0.2, 0.25) is 0 Å². The number of halogens is 3. The van der Waals surface area contributed by atoms with Crippen LogP contribution < -0.4 is 21.3 Å².